The van der Waals surface area contributed by atoms with Crippen molar-refractivity contribution in [3.05, 3.63) is 29.5 Å². The number of nitrogens with zero attached hydrogens (tertiary/aromatic N) is 1. The average molecular weight is 203 g/mol. The van der Waals surface area contributed by atoms with E-state index < -0.39 is 0 Å². The van der Waals surface area contributed by atoms with Crippen molar-refractivity contribution in [1.29, 1.82) is 0 Å². The van der Waals surface area contributed by atoms with Crippen LogP contribution in [0.5, 0.6) is 0 Å². The first kappa shape index (κ1) is 10.2. The summed E-state index contributed by atoms with van der Waals surface area (Å²) in [7, 11) is 0. The van der Waals surface area contributed by atoms with Crippen LogP contribution in [0.3, 0.4) is 0 Å². The summed E-state index contributed by atoms with van der Waals surface area (Å²) in [6.45, 7) is 8.88. The van der Waals surface area contributed by atoms with Gasteiger partial charge in [0.1, 0.15) is 0 Å². The molecule has 0 N–H and O–H groups in total. The maximum Gasteiger partial charge on any atom is 0.167 e. The predicted octanol–water partition coefficient (Wildman–Crippen LogP) is 4.07. The lowest BCUT2D eigenvalue weighted by molar-refractivity contribution is 0.456. The Morgan fingerprint density at radius 2 is 1.80 bits per heavy atom. The first-order valence-electron chi connectivity index (χ1n) is 5.48. The van der Waals surface area contributed by atoms with Crippen LogP contribution in [0.4, 0.5) is 0 Å². The van der Waals surface area contributed by atoms with Crippen LogP contribution < -0.4 is 0 Å². The van der Waals surface area contributed by atoms with Crippen molar-refractivity contribution in [2.75, 3.05) is 0 Å². The van der Waals surface area contributed by atoms with E-state index in [1.807, 2.05) is 12.3 Å². The van der Waals surface area contributed by atoms with Crippen LogP contribution in [0.2, 0.25) is 0 Å². The largest absolute Gasteiger partial charge is 0.356 e. The van der Waals surface area contributed by atoms with Gasteiger partial charge in [-0.05, 0) is 29.0 Å². The van der Waals surface area contributed by atoms with E-state index in [2.05, 4.69) is 38.9 Å². The molecule has 2 nitrogen and oxygen atoms in total. The molecule has 80 valence electrons. The molecular weight excluding hydrogens is 186 g/mol. The second-order valence-corrected chi connectivity index (χ2v) is 4.62. The van der Waals surface area contributed by atoms with Crippen LogP contribution >= 0.6 is 0 Å². The van der Waals surface area contributed by atoms with Gasteiger partial charge in [-0.15, -0.1) is 0 Å². The Morgan fingerprint density at radius 1 is 1.07 bits per heavy atom. The summed E-state index contributed by atoms with van der Waals surface area (Å²) in [5.41, 5.74) is 3.67. The molecule has 2 rings (SSSR count). The quantitative estimate of drug-likeness (QED) is 0.735. The molecule has 15 heavy (non-hydrogen) atoms. The van der Waals surface area contributed by atoms with E-state index >= 15 is 0 Å². The maximum absolute atomic E-state index is 5.19. The van der Waals surface area contributed by atoms with Gasteiger partial charge in [0.25, 0.3) is 0 Å². The van der Waals surface area contributed by atoms with Gasteiger partial charge in [-0.2, -0.15) is 0 Å². The second kappa shape index (κ2) is 3.69. The van der Waals surface area contributed by atoms with Crippen LogP contribution in [-0.2, 0) is 0 Å². The summed E-state index contributed by atoms with van der Waals surface area (Å²) in [5, 5.41) is 5.03. The van der Waals surface area contributed by atoms with Crippen molar-refractivity contribution >= 4 is 11.0 Å². The van der Waals surface area contributed by atoms with Crippen molar-refractivity contribution in [2.24, 2.45) is 0 Å². The molecule has 0 aliphatic rings. The number of hydrogen-bond donors (Lipinski definition) is 0. The zero-order chi connectivity index (χ0) is 11.0. The number of benzene rings is 1. The molecule has 2 aromatic rings. The highest BCUT2D eigenvalue weighted by Crippen LogP contribution is 2.32. The molecule has 0 radical (unpaired) electrons. The molecular formula is C13H17NO. The Hall–Kier alpha value is -1.31. The topological polar surface area (TPSA) is 26.0 Å². The molecule has 0 amide bonds. The Kier molecular flexibility index (Phi) is 2.51. The molecule has 2 heteroatoms. The molecule has 1 aromatic carbocycles. The smallest absolute Gasteiger partial charge is 0.167 e. The highest BCUT2D eigenvalue weighted by atomic mass is 16.5. The van der Waals surface area contributed by atoms with Crippen LogP contribution in [0.25, 0.3) is 11.0 Å². The molecule has 0 aliphatic heterocycles. The normalized spacial score (nSPS) is 11.9. The third-order valence-corrected chi connectivity index (χ3v) is 2.81. The van der Waals surface area contributed by atoms with E-state index in [-0.39, 0.29) is 0 Å². The monoisotopic (exact) mass is 203 g/mol. The standard InChI is InChI=1S/C13H17NO/c1-8(2)10-5-6-12-11(7-14-15-12)13(10)9(3)4/h5-9H,1-4H3. The predicted molar refractivity (Wildman–Crippen MR) is 62.2 cm³/mol. The van der Waals surface area contributed by atoms with Gasteiger partial charge < -0.3 is 4.52 Å². The minimum Gasteiger partial charge on any atom is -0.356 e. The molecule has 1 aromatic heterocycles. The van der Waals surface area contributed by atoms with E-state index in [1.165, 1.54) is 11.1 Å². The van der Waals surface area contributed by atoms with Crippen molar-refractivity contribution in [1.82, 2.24) is 5.16 Å². The second-order valence-electron chi connectivity index (χ2n) is 4.62. The molecule has 0 bridgehead atoms. The first-order chi connectivity index (χ1) is 7.11. The van der Waals surface area contributed by atoms with Gasteiger partial charge >= 0.3 is 0 Å². The Bertz CT molecular complexity index is 468. The van der Waals surface area contributed by atoms with Crippen LogP contribution in [0, 0.1) is 0 Å². The number of hydrogen-bond acceptors (Lipinski definition) is 2. The van der Waals surface area contributed by atoms with Gasteiger partial charge in [-0.1, -0.05) is 38.9 Å². The van der Waals surface area contributed by atoms with Gasteiger partial charge in [0.15, 0.2) is 5.58 Å². The SMILES string of the molecule is CC(C)c1ccc2oncc2c1C(C)C. The molecule has 0 saturated heterocycles. The lowest BCUT2D eigenvalue weighted by Gasteiger charge is -2.16. The van der Waals surface area contributed by atoms with Crippen molar-refractivity contribution < 1.29 is 4.52 Å². The fourth-order valence-electron chi connectivity index (χ4n) is 2.13. The van der Waals surface area contributed by atoms with Crippen LogP contribution in [-0.4, -0.2) is 5.16 Å². The number of aromatic nitrogens is 1. The summed E-state index contributed by atoms with van der Waals surface area (Å²) in [4.78, 5) is 0. The summed E-state index contributed by atoms with van der Waals surface area (Å²) in [5.74, 6) is 1.05. The molecule has 0 aliphatic carbocycles. The molecule has 1 heterocycles. The van der Waals surface area contributed by atoms with Gasteiger partial charge in [-0.25, -0.2) is 0 Å². The van der Waals surface area contributed by atoms with Crippen LogP contribution in [0.15, 0.2) is 22.9 Å². The van der Waals surface area contributed by atoms with Crippen molar-refractivity contribution in [2.45, 2.75) is 39.5 Å². The van der Waals surface area contributed by atoms with Gasteiger partial charge in [0, 0.05) is 5.39 Å². The first-order valence-corrected chi connectivity index (χ1v) is 5.48. The lowest BCUT2D eigenvalue weighted by atomic mass is 9.88. The summed E-state index contributed by atoms with van der Waals surface area (Å²) in [6, 6.07) is 4.18. The van der Waals surface area contributed by atoms with E-state index in [0.29, 0.717) is 11.8 Å². The molecule has 0 saturated carbocycles. The third-order valence-electron chi connectivity index (χ3n) is 2.81. The number of fused-ring (bicyclic) bond motifs is 1. The molecule has 0 fully saturated rings. The molecule has 0 atom stereocenters. The van der Waals surface area contributed by atoms with Crippen LogP contribution in [0.1, 0.15) is 50.7 Å². The van der Waals surface area contributed by atoms with Gasteiger partial charge in [0.2, 0.25) is 0 Å². The fourth-order valence-corrected chi connectivity index (χ4v) is 2.13. The van der Waals surface area contributed by atoms with E-state index in [1.54, 1.807) is 0 Å². The highest BCUT2D eigenvalue weighted by molar-refractivity contribution is 5.82. The maximum atomic E-state index is 5.19. The minimum atomic E-state index is 0.505. The minimum absolute atomic E-state index is 0.505. The Morgan fingerprint density at radius 3 is 2.40 bits per heavy atom. The van der Waals surface area contributed by atoms with E-state index in [4.69, 9.17) is 4.52 Å². The fraction of sp³-hybridized carbons (Fsp3) is 0.462. The van der Waals surface area contributed by atoms with Gasteiger partial charge in [0.05, 0.1) is 6.20 Å². The molecule has 0 spiro atoms. The van der Waals surface area contributed by atoms with Gasteiger partial charge in [-0.3, -0.25) is 0 Å². The average Bonchev–Trinajstić information content (AvgIpc) is 2.62. The highest BCUT2D eigenvalue weighted by Gasteiger charge is 2.15. The zero-order valence-electron chi connectivity index (χ0n) is 9.74. The summed E-state index contributed by atoms with van der Waals surface area (Å²) < 4.78 is 5.19. The van der Waals surface area contributed by atoms with Crippen molar-refractivity contribution in [3.8, 4) is 0 Å². The lowest BCUT2D eigenvalue weighted by Crippen LogP contribution is -1.98. The zero-order valence-corrected chi connectivity index (χ0v) is 9.74. The third kappa shape index (κ3) is 1.65. The van der Waals surface area contributed by atoms with E-state index in [0.717, 1.165) is 11.0 Å². The molecule has 0 unspecified atom stereocenters. The number of rotatable bonds is 2. The summed E-state index contributed by atoms with van der Waals surface area (Å²) >= 11 is 0. The Labute approximate surface area is 90.3 Å². The van der Waals surface area contributed by atoms with E-state index in [9.17, 15) is 0 Å². The summed E-state index contributed by atoms with van der Waals surface area (Å²) in [6.07, 6.45) is 1.83. The Balaban J connectivity index is 2.75. The van der Waals surface area contributed by atoms with Crippen molar-refractivity contribution in [3.63, 3.8) is 0 Å².